The first-order valence-corrected chi connectivity index (χ1v) is 35.0. The molecule has 18 nitrogen and oxygen atoms in total. The Bertz CT molecular complexity index is 4050. The lowest BCUT2D eigenvalue weighted by molar-refractivity contribution is -0.129. The first-order valence-electron chi connectivity index (χ1n) is 30.5. The number of piperidine rings is 1. The van der Waals surface area contributed by atoms with Gasteiger partial charge < -0.3 is 39.5 Å². The quantitative estimate of drug-likeness (QED) is 0.0964. The van der Waals surface area contributed by atoms with E-state index >= 15 is 0 Å². The molecule has 4 saturated heterocycles. The van der Waals surface area contributed by atoms with E-state index in [0.29, 0.717) is 69.6 Å². The minimum absolute atomic E-state index is 0.137. The fourth-order valence-electron chi connectivity index (χ4n) is 13.1. The van der Waals surface area contributed by atoms with Gasteiger partial charge >= 0.3 is 0 Å². The highest BCUT2D eigenvalue weighted by Crippen LogP contribution is 2.35. The normalized spacial score (nSPS) is 18.2. The number of nitrogens with one attached hydrogen (secondary N) is 4. The van der Waals surface area contributed by atoms with Crippen LogP contribution >= 0.6 is 0 Å². The van der Waals surface area contributed by atoms with Gasteiger partial charge in [-0.2, -0.15) is 12.9 Å². The van der Waals surface area contributed by atoms with Crippen molar-refractivity contribution in [3.63, 3.8) is 0 Å². The topological polar surface area (TPSA) is 205 Å². The fourth-order valence-corrected chi connectivity index (χ4v) is 18.1. The lowest BCUT2D eigenvalue weighted by Gasteiger charge is -2.36. The average Bonchev–Trinajstić information content (AvgIpc) is 3.47. The molecule has 456 valence electrons. The van der Waals surface area contributed by atoms with E-state index in [1.807, 2.05) is 54.8 Å². The third kappa shape index (κ3) is 13.4. The number of amides is 1. The van der Waals surface area contributed by atoms with E-state index in [-0.39, 0.29) is 16.9 Å². The van der Waals surface area contributed by atoms with Gasteiger partial charge in [0.2, 0.25) is 36.0 Å². The van der Waals surface area contributed by atoms with Gasteiger partial charge in [0, 0.05) is 184 Å². The third-order valence-electron chi connectivity index (χ3n) is 17.8. The molecule has 5 aliphatic rings. The summed E-state index contributed by atoms with van der Waals surface area (Å²) in [7, 11) is -9.57. The first-order chi connectivity index (χ1) is 41.7. The zero-order chi connectivity index (χ0) is 59.8. The molecule has 14 rings (SSSR count). The largest absolute Gasteiger partial charge is 0.368 e. The molecule has 1 amide bonds. The van der Waals surface area contributed by atoms with Crippen molar-refractivity contribution in [2.45, 2.75) is 74.9 Å². The molecule has 0 spiro atoms. The smallest absolute Gasteiger partial charge is 0.243 e. The maximum absolute atomic E-state index is 12.7. The fraction of sp³-hybridized carbons (Fsp3) is 0.400. The Morgan fingerprint density at radius 3 is 1.29 bits per heavy atom. The van der Waals surface area contributed by atoms with Gasteiger partial charge in [0.05, 0.1) is 15.9 Å². The number of hydrogen-bond acceptors (Lipinski definition) is 10. The van der Waals surface area contributed by atoms with Crippen molar-refractivity contribution in [2.24, 2.45) is 0 Å². The molecule has 0 unspecified atom stereocenters. The highest BCUT2D eigenvalue weighted by molar-refractivity contribution is 7.90. The van der Waals surface area contributed by atoms with E-state index in [2.05, 4.69) is 120 Å². The van der Waals surface area contributed by atoms with Gasteiger partial charge in [0.1, 0.15) is 0 Å². The number of carbonyl (C=O) groups is 1. The van der Waals surface area contributed by atoms with E-state index in [4.69, 9.17) is 0 Å². The van der Waals surface area contributed by atoms with E-state index in [1.165, 1.54) is 44.0 Å². The number of likely N-dealkylation sites (tertiary alicyclic amines) is 1. The van der Waals surface area contributed by atoms with E-state index in [1.54, 1.807) is 44.1 Å². The van der Waals surface area contributed by atoms with Crippen LogP contribution < -0.4 is 14.7 Å². The third-order valence-corrected chi connectivity index (χ3v) is 24.2. The molecule has 0 radical (unpaired) electrons. The number of sulfonamides is 3. The molecule has 5 fully saturated rings. The number of aromatic amines is 4. The van der Waals surface area contributed by atoms with Crippen LogP contribution in [-0.2, 0) is 34.9 Å². The molecule has 8 heterocycles. The summed E-state index contributed by atoms with van der Waals surface area (Å²) in [4.78, 5) is 33.4. The van der Waals surface area contributed by atoms with Gasteiger partial charge in [-0.25, -0.2) is 25.3 Å². The standard InChI is InChI=1S/C18H19N3O2S.C17H23N3O2S.C15H21N3O2S.C15H18N2O/c22-24(23,15-5-2-1-3-6-15)21-13-11-20(12-14-21)18-8-4-7-17-16(18)9-10-19-17;21-23(22,14-4-1-2-5-14)20-12-10-19(11-13-20)17-7-3-6-16-15(17)8-9-18-16;1-2-12-21(19,20)18-10-8-17(9-11-18)15-5-3-4-14-13(15)6-7-16-14;1-11(18)17-9-6-12(7-10-17)13-3-2-4-15-14(13)5-8-16-15/h1-10,19H,11-14H2;3,6-9,14,18H,1-2,4-5,10-13H2;3-7,16H,2,8-12H2,1H3;2-5,8,12,16H,6-7,9-10H2,1H3. The summed E-state index contributed by atoms with van der Waals surface area (Å²) in [6.45, 7) is 13.1. The van der Waals surface area contributed by atoms with Gasteiger partial charge in [-0.3, -0.25) is 4.79 Å². The summed E-state index contributed by atoms with van der Waals surface area (Å²) in [6, 6.07) is 42.1. The van der Waals surface area contributed by atoms with Gasteiger partial charge in [-0.15, -0.1) is 0 Å². The predicted molar refractivity (Wildman–Crippen MR) is 348 cm³/mol. The van der Waals surface area contributed by atoms with Crippen LogP contribution in [-0.4, -0.2) is 172 Å². The molecular formula is C65H81N11O7S3. The van der Waals surface area contributed by atoms with Gasteiger partial charge in [0.25, 0.3) is 0 Å². The summed E-state index contributed by atoms with van der Waals surface area (Å²) < 4.78 is 79.9. The molecule has 5 aromatic carbocycles. The van der Waals surface area contributed by atoms with Crippen molar-refractivity contribution in [1.29, 1.82) is 0 Å². The molecular weight excluding hydrogens is 1140 g/mol. The van der Waals surface area contributed by atoms with Crippen LogP contribution in [0, 0.1) is 0 Å². The van der Waals surface area contributed by atoms with Crippen LogP contribution in [0.5, 0.6) is 0 Å². The van der Waals surface area contributed by atoms with Crippen molar-refractivity contribution in [2.75, 3.05) is 112 Å². The van der Waals surface area contributed by atoms with Crippen molar-refractivity contribution in [3.05, 3.63) is 158 Å². The van der Waals surface area contributed by atoms with Crippen LogP contribution in [0.25, 0.3) is 43.6 Å². The Labute approximate surface area is 506 Å². The van der Waals surface area contributed by atoms with Crippen molar-refractivity contribution in [3.8, 4) is 0 Å². The van der Waals surface area contributed by atoms with E-state index in [9.17, 15) is 30.0 Å². The highest BCUT2D eigenvalue weighted by atomic mass is 32.2. The Hall–Kier alpha value is -7.14. The number of benzene rings is 5. The lowest BCUT2D eigenvalue weighted by Crippen LogP contribution is -2.50. The Morgan fingerprint density at radius 1 is 0.442 bits per heavy atom. The number of hydrogen-bond donors (Lipinski definition) is 4. The van der Waals surface area contributed by atoms with Gasteiger partial charge in [-0.1, -0.05) is 68.3 Å². The molecule has 4 N–H and O–H groups in total. The monoisotopic (exact) mass is 1220 g/mol. The van der Waals surface area contributed by atoms with Crippen molar-refractivity contribution in [1.82, 2.24) is 37.8 Å². The molecule has 9 aromatic rings. The highest BCUT2D eigenvalue weighted by Gasteiger charge is 2.36. The van der Waals surface area contributed by atoms with Crippen LogP contribution in [0.2, 0.25) is 0 Å². The SMILES string of the molecule is CC(=O)N1CCC(c2cccc3[nH]ccc23)CC1.CCCS(=O)(=O)N1CCN(c2cccc3[nH]ccc23)CC1.O=S(=O)(C1CCCC1)N1CCN(c2cccc3[nH]ccc23)CC1.O=S(=O)(c1ccccc1)N1CCN(c2cccc3[nH]ccc23)CC1. The minimum atomic E-state index is -3.40. The number of fused-ring (bicyclic) bond motifs is 4. The average molecular weight is 1220 g/mol. The number of anilines is 3. The lowest BCUT2D eigenvalue weighted by atomic mass is 9.87. The van der Waals surface area contributed by atoms with Crippen LogP contribution in [0.3, 0.4) is 0 Å². The Kier molecular flexibility index (Phi) is 18.9. The van der Waals surface area contributed by atoms with Crippen LogP contribution in [0.1, 0.15) is 70.3 Å². The van der Waals surface area contributed by atoms with E-state index in [0.717, 1.165) is 100 Å². The number of piperazine rings is 3. The molecule has 4 aliphatic heterocycles. The predicted octanol–water partition coefficient (Wildman–Crippen LogP) is 10.2. The molecule has 0 atom stereocenters. The van der Waals surface area contributed by atoms with Crippen LogP contribution in [0.15, 0.2) is 157 Å². The maximum Gasteiger partial charge on any atom is 0.243 e. The summed E-state index contributed by atoms with van der Waals surface area (Å²) >= 11 is 0. The van der Waals surface area contributed by atoms with Gasteiger partial charge in [0.15, 0.2) is 0 Å². The molecule has 1 aliphatic carbocycles. The minimum Gasteiger partial charge on any atom is -0.368 e. The Morgan fingerprint density at radius 2 is 0.849 bits per heavy atom. The second-order valence-electron chi connectivity index (χ2n) is 23.0. The second-order valence-corrected chi connectivity index (χ2v) is 29.2. The van der Waals surface area contributed by atoms with E-state index < -0.39 is 30.1 Å². The number of aromatic nitrogens is 4. The van der Waals surface area contributed by atoms with Crippen molar-refractivity contribution >= 4 is 96.7 Å². The molecule has 86 heavy (non-hydrogen) atoms. The van der Waals surface area contributed by atoms with Gasteiger partial charge in [-0.05, 0) is 122 Å². The number of carbonyl (C=O) groups excluding carboxylic acids is 1. The second kappa shape index (κ2) is 26.9. The summed E-state index contributed by atoms with van der Waals surface area (Å²) in [6.07, 6.45) is 14.4. The summed E-state index contributed by atoms with van der Waals surface area (Å²) in [5, 5.41) is 4.78. The number of rotatable bonds is 11. The molecule has 1 saturated carbocycles. The zero-order valence-electron chi connectivity index (χ0n) is 49.4. The maximum atomic E-state index is 12.7. The molecule has 0 bridgehead atoms. The Balaban J connectivity index is 0.000000120. The number of H-pyrrole nitrogens is 4. The number of nitrogens with zero attached hydrogens (tertiary/aromatic N) is 7. The molecule has 21 heteroatoms. The van der Waals surface area contributed by atoms with Crippen LogP contribution in [0.4, 0.5) is 17.1 Å². The summed E-state index contributed by atoms with van der Waals surface area (Å²) in [5.41, 5.74) is 9.52. The molecule has 4 aromatic heterocycles. The van der Waals surface area contributed by atoms with Crippen molar-refractivity contribution < 1.29 is 30.0 Å². The first kappa shape index (κ1) is 60.5. The summed E-state index contributed by atoms with van der Waals surface area (Å²) in [5.74, 6) is 1.04. The zero-order valence-corrected chi connectivity index (χ0v) is 51.8.